The Balaban J connectivity index is 0.000000279. The van der Waals surface area contributed by atoms with Crippen molar-refractivity contribution >= 4 is 41.3 Å². The molecule has 3 aromatic carbocycles. The Labute approximate surface area is 356 Å². The van der Waals surface area contributed by atoms with Crippen LogP contribution in [0.4, 0.5) is 14.4 Å². The van der Waals surface area contributed by atoms with Gasteiger partial charge in [-0.2, -0.15) is 0 Å². The smallest absolute Gasteiger partial charge is 1.00 e. The van der Waals surface area contributed by atoms with Crippen molar-refractivity contribution in [1.82, 2.24) is 14.7 Å². The van der Waals surface area contributed by atoms with Crippen LogP contribution in [0.1, 0.15) is 16.7 Å². The quantitative estimate of drug-likeness (QED) is 0.115. The molecule has 0 radical (unpaired) electrons. The summed E-state index contributed by atoms with van der Waals surface area (Å²) in [7, 11) is 0. The molecule has 14 heteroatoms. The molecule has 4 heterocycles. The maximum atomic E-state index is 11.8. The maximum Gasteiger partial charge on any atom is 2.00 e. The van der Waals surface area contributed by atoms with Crippen LogP contribution in [0.3, 0.4) is 0 Å². The number of aliphatic hydroxyl groups excluding tert-OH is 2. The number of epoxide rings is 1. The monoisotopic (exact) mass is 843 g/mol. The summed E-state index contributed by atoms with van der Waals surface area (Å²) in [5.41, 5.74) is 2.91. The Bertz CT molecular complexity index is 1550. The molecule has 0 spiro atoms. The number of likely N-dealkylation sites (tertiary alicyclic amines) is 3. The Morgan fingerprint density at radius 2 is 0.875 bits per heavy atom. The van der Waals surface area contributed by atoms with Crippen molar-refractivity contribution in [3.05, 3.63) is 146 Å². The minimum absolute atomic E-state index is 0. The number of hydrogen-bond donors (Lipinski definition) is 2. The number of carbonyl (C=O) groups excluding carboxylic acids is 3. The zero-order valence-electron chi connectivity index (χ0n) is 31.5. The van der Waals surface area contributed by atoms with Crippen molar-refractivity contribution in [2.45, 2.75) is 44.2 Å². The first-order chi connectivity index (χ1) is 26.2. The molecule has 4 saturated heterocycles. The Hall–Kier alpha value is -4.18. The van der Waals surface area contributed by atoms with E-state index in [9.17, 15) is 24.6 Å². The molecule has 12 nitrogen and oxygen atoms in total. The van der Waals surface area contributed by atoms with Crippen LogP contribution in [0, 0.1) is 18.4 Å². The zero-order chi connectivity index (χ0) is 38.9. The Morgan fingerprint density at radius 1 is 0.589 bits per heavy atom. The molecule has 0 saturated carbocycles. The largest absolute Gasteiger partial charge is 2.00 e. The van der Waals surface area contributed by atoms with Gasteiger partial charge < -0.3 is 67.4 Å². The van der Waals surface area contributed by atoms with Crippen molar-refractivity contribution in [3.63, 3.8) is 0 Å². The summed E-state index contributed by atoms with van der Waals surface area (Å²) in [5, 5.41) is 19.3. The zero-order valence-corrected chi connectivity index (χ0v) is 34.5. The number of nitrogens with zero attached hydrogens (tertiary/aromatic N) is 3. The summed E-state index contributed by atoms with van der Waals surface area (Å²) >= 11 is 0. The van der Waals surface area contributed by atoms with Crippen molar-refractivity contribution in [2.75, 3.05) is 39.3 Å². The fraction of sp³-hybridized carbons (Fsp3) is 0.357. The Kier molecular flexibility index (Phi) is 21.5. The van der Waals surface area contributed by atoms with Crippen LogP contribution < -0.4 is 17.0 Å². The minimum atomic E-state index is -0.535. The standard InChI is InChI=1S/2C14H17NO3.C12H13NO3.C2H3.BrH.Mg/c2*1-2-12-8-15(9-13(12)16)14(17)18-10-11-6-4-3-5-7-11;14-12(13-6-10-11(7-13)16-10)15-8-9-4-2-1-3-5-9;1-2;;/h2*2-7,12-13,16H,1,8-10H2;1-5,10-11H,6-8H2;1H,2H2;1H;/q;;;-1;;+2/p-1/t2*12-,13-;;;;/m10..../s1. The summed E-state index contributed by atoms with van der Waals surface area (Å²) in [6.45, 7) is 18.1. The number of carbonyl (C=O) groups is 3. The van der Waals surface area contributed by atoms with Gasteiger partial charge in [0.05, 0.1) is 38.4 Å². The molecule has 4 fully saturated rings. The van der Waals surface area contributed by atoms with Crippen LogP contribution >= 0.6 is 0 Å². The van der Waals surface area contributed by atoms with Crippen LogP contribution in [-0.2, 0) is 38.8 Å². The third kappa shape index (κ3) is 15.0. The van der Waals surface area contributed by atoms with E-state index in [-0.39, 0.29) is 95.6 Å². The number of benzene rings is 3. The molecule has 3 aromatic rings. The van der Waals surface area contributed by atoms with Crippen LogP contribution in [0.15, 0.2) is 123 Å². The van der Waals surface area contributed by atoms with Crippen LogP contribution in [0.2, 0.25) is 0 Å². The van der Waals surface area contributed by atoms with Gasteiger partial charge in [-0.25, -0.2) is 14.4 Å². The third-order valence-electron chi connectivity index (χ3n) is 9.15. The number of halogens is 1. The SMILES string of the molecule is C=C[C@@H]1CN(C(=O)OCc2ccccc2)C[C@H]1O.C=C[C@H]1CN(C(=O)OCc2ccccc2)C[C@@H]1O.O=C(OCc1ccccc1)N1CC2OC2C1.[Br-].[CH-]=C.[Mg+2]. The van der Waals surface area contributed by atoms with Gasteiger partial charge in [0.2, 0.25) is 0 Å². The molecule has 296 valence electrons. The average Bonchev–Trinajstić information content (AvgIpc) is 3.48. The first-order valence-electron chi connectivity index (χ1n) is 17.8. The van der Waals surface area contributed by atoms with Crippen molar-refractivity contribution in [2.24, 2.45) is 11.8 Å². The van der Waals surface area contributed by atoms with E-state index in [1.165, 1.54) is 9.80 Å². The second-order valence-electron chi connectivity index (χ2n) is 13.0. The summed E-state index contributed by atoms with van der Waals surface area (Å²) in [6, 6.07) is 28.7. The molecular weight excluding hydrogens is 795 g/mol. The summed E-state index contributed by atoms with van der Waals surface area (Å²) in [5.74, 6) is -0.122. The van der Waals surface area contributed by atoms with E-state index in [1.54, 1.807) is 17.1 Å². The van der Waals surface area contributed by atoms with Gasteiger partial charge in [-0.1, -0.05) is 103 Å². The predicted octanol–water partition coefficient (Wildman–Crippen LogP) is 2.24. The molecular formula is C42H50BrMgN3O9. The summed E-state index contributed by atoms with van der Waals surface area (Å²) in [4.78, 5) is 39.9. The predicted molar refractivity (Wildman–Crippen MR) is 208 cm³/mol. The molecule has 7 rings (SSSR count). The number of aliphatic hydroxyl groups is 2. The van der Waals surface area contributed by atoms with E-state index in [1.807, 2.05) is 91.0 Å². The van der Waals surface area contributed by atoms with Crippen LogP contribution in [-0.4, -0.2) is 130 Å². The number of fused-ring (bicyclic) bond motifs is 1. The normalized spacial score (nSPS) is 22.3. The van der Waals surface area contributed by atoms with Gasteiger partial charge in [-0.3, -0.25) is 6.58 Å². The number of rotatable bonds is 8. The van der Waals surface area contributed by atoms with Gasteiger partial charge >= 0.3 is 41.3 Å². The first-order valence-corrected chi connectivity index (χ1v) is 17.8. The van der Waals surface area contributed by atoms with Crippen LogP contribution in [0.5, 0.6) is 0 Å². The molecule has 56 heavy (non-hydrogen) atoms. The van der Waals surface area contributed by atoms with Gasteiger partial charge in [0.25, 0.3) is 0 Å². The van der Waals surface area contributed by atoms with Crippen LogP contribution in [0.25, 0.3) is 0 Å². The van der Waals surface area contributed by atoms with Crippen molar-refractivity contribution in [3.8, 4) is 0 Å². The molecule has 4 aliphatic heterocycles. The second-order valence-corrected chi connectivity index (χ2v) is 13.0. The van der Waals surface area contributed by atoms with Gasteiger partial charge in [0, 0.05) is 24.9 Å². The van der Waals surface area contributed by atoms with Crippen molar-refractivity contribution < 1.29 is 60.5 Å². The van der Waals surface area contributed by atoms with Gasteiger partial charge in [0.1, 0.15) is 32.0 Å². The van der Waals surface area contributed by atoms with E-state index in [0.29, 0.717) is 45.9 Å². The second kappa shape index (κ2) is 25.1. The Morgan fingerprint density at radius 3 is 1.14 bits per heavy atom. The van der Waals surface area contributed by atoms with E-state index >= 15 is 0 Å². The molecule has 6 atom stereocenters. The van der Waals surface area contributed by atoms with Gasteiger partial charge in [0.15, 0.2) is 0 Å². The third-order valence-corrected chi connectivity index (χ3v) is 9.15. The van der Waals surface area contributed by atoms with Crippen molar-refractivity contribution in [1.29, 1.82) is 0 Å². The molecule has 0 aromatic heterocycles. The van der Waals surface area contributed by atoms with E-state index in [2.05, 4.69) is 26.3 Å². The number of hydrogen-bond acceptors (Lipinski definition) is 9. The summed E-state index contributed by atoms with van der Waals surface area (Å²) < 4.78 is 20.8. The topological polar surface area (TPSA) is 142 Å². The maximum absolute atomic E-state index is 11.8. The van der Waals surface area contributed by atoms with Gasteiger partial charge in [-0.05, 0) is 16.7 Å². The van der Waals surface area contributed by atoms with E-state index < -0.39 is 12.2 Å². The fourth-order valence-corrected chi connectivity index (χ4v) is 5.98. The average molecular weight is 845 g/mol. The molecule has 2 unspecified atom stereocenters. The molecule has 2 N–H and O–H groups in total. The number of morpholine rings is 1. The number of ether oxygens (including phenoxy) is 4. The molecule has 0 bridgehead atoms. The first kappa shape index (κ1) is 48.0. The number of amides is 3. The molecule has 0 aliphatic carbocycles. The molecule has 4 aliphatic rings. The van der Waals surface area contributed by atoms with Gasteiger partial charge in [-0.15, -0.1) is 13.2 Å². The van der Waals surface area contributed by atoms with E-state index in [4.69, 9.17) is 18.9 Å². The number of β-amino-alcohol motifs (C(OH)–C–C–N with tert-alkyl or cyclic N) is 2. The summed E-state index contributed by atoms with van der Waals surface area (Å²) in [6.07, 6.45) is 1.81. The minimum Gasteiger partial charge on any atom is -1.00 e. The van der Waals surface area contributed by atoms with E-state index in [0.717, 1.165) is 16.7 Å². The molecule has 3 amide bonds. The fourth-order valence-electron chi connectivity index (χ4n) is 5.98.